The molecule has 1 saturated carbocycles. The minimum absolute atomic E-state index is 0.102. The lowest BCUT2D eigenvalue weighted by Gasteiger charge is -2.16. The van der Waals surface area contributed by atoms with Crippen LogP contribution in [0, 0.1) is 17.7 Å². The quantitative estimate of drug-likeness (QED) is 0.804. The van der Waals surface area contributed by atoms with Crippen molar-refractivity contribution in [2.45, 2.75) is 13.3 Å². The molecule has 2 rings (SSSR count). The average molecular weight is 322 g/mol. The van der Waals surface area contributed by atoms with Gasteiger partial charge in [0.05, 0.1) is 12.5 Å². The largest absolute Gasteiger partial charge is 0.455 e. The van der Waals surface area contributed by atoms with E-state index in [1.807, 2.05) is 6.92 Å². The molecule has 0 spiro atoms. The summed E-state index contributed by atoms with van der Waals surface area (Å²) in [6.07, 6.45) is 0.795. The number of ether oxygens (including phenoxy) is 1. The zero-order valence-electron chi connectivity index (χ0n) is 13.0. The van der Waals surface area contributed by atoms with E-state index in [1.165, 1.54) is 36.2 Å². The molecule has 7 heteroatoms. The van der Waals surface area contributed by atoms with Crippen molar-refractivity contribution in [2.75, 3.05) is 25.5 Å². The first-order chi connectivity index (χ1) is 10.9. The first-order valence-electron chi connectivity index (χ1n) is 7.33. The van der Waals surface area contributed by atoms with E-state index < -0.39 is 17.6 Å². The van der Waals surface area contributed by atoms with Gasteiger partial charge in [0, 0.05) is 12.7 Å². The second-order valence-corrected chi connectivity index (χ2v) is 5.73. The Bertz CT molecular complexity index is 603. The highest BCUT2D eigenvalue weighted by Crippen LogP contribution is 2.38. The van der Waals surface area contributed by atoms with E-state index in [0.29, 0.717) is 11.6 Å². The van der Waals surface area contributed by atoms with Crippen LogP contribution in [0.2, 0.25) is 0 Å². The zero-order chi connectivity index (χ0) is 17.0. The van der Waals surface area contributed by atoms with Crippen LogP contribution in [0.3, 0.4) is 0 Å². The average Bonchev–Trinajstić information content (AvgIpc) is 3.23. The number of rotatable bonds is 6. The molecule has 0 aromatic heterocycles. The molecule has 1 aromatic rings. The molecule has 0 aliphatic heterocycles. The smallest absolute Gasteiger partial charge is 0.309 e. The lowest BCUT2D eigenvalue weighted by Crippen LogP contribution is -2.37. The number of esters is 1. The van der Waals surface area contributed by atoms with Gasteiger partial charge in [-0.15, -0.1) is 0 Å². The number of nitrogens with zero attached hydrogens (tertiary/aromatic N) is 1. The second-order valence-electron chi connectivity index (χ2n) is 5.73. The monoisotopic (exact) mass is 322 g/mol. The molecule has 6 nitrogen and oxygen atoms in total. The molecule has 0 unspecified atom stereocenters. The van der Waals surface area contributed by atoms with Crippen LogP contribution in [-0.2, 0) is 19.1 Å². The van der Waals surface area contributed by atoms with E-state index in [0.717, 1.165) is 6.42 Å². The molecule has 2 atom stereocenters. The lowest BCUT2D eigenvalue weighted by atomic mass is 10.3. The van der Waals surface area contributed by atoms with E-state index in [4.69, 9.17) is 4.74 Å². The van der Waals surface area contributed by atoms with Gasteiger partial charge in [-0.3, -0.25) is 14.4 Å². The maximum absolute atomic E-state index is 12.8. The van der Waals surface area contributed by atoms with Crippen LogP contribution in [0.4, 0.5) is 10.1 Å². The van der Waals surface area contributed by atoms with Crippen molar-refractivity contribution in [1.82, 2.24) is 4.90 Å². The highest BCUT2D eigenvalue weighted by molar-refractivity contribution is 5.94. The Hall–Kier alpha value is -2.44. The summed E-state index contributed by atoms with van der Waals surface area (Å²) in [7, 11) is 1.44. The number of nitrogens with one attached hydrogen (secondary N) is 1. The van der Waals surface area contributed by atoms with Gasteiger partial charge < -0.3 is 15.0 Å². The number of hydrogen-bond donors (Lipinski definition) is 1. The Kier molecular flexibility index (Phi) is 5.31. The molecule has 0 radical (unpaired) electrons. The van der Waals surface area contributed by atoms with Crippen LogP contribution in [0.5, 0.6) is 0 Å². The van der Waals surface area contributed by atoms with Crippen LogP contribution in [0.15, 0.2) is 24.3 Å². The van der Waals surface area contributed by atoms with Crippen molar-refractivity contribution < 1.29 is 23.5 Å². The third kappa shape index (κ3) is 5.05. The number of benzene rings is 1. The first kappa shape index (κ1) is 16.9. The third-order valence-electron chi connectivity index (χ3n) is 3.68. The van der Waals surface area contributed by atoms with Gasteiger partial charge in [-0.1, -0.05) is 6.92 Å². The Labute approximate surface area is 133 Å². The van der Waals surface area contributed by atoms with E-state index >= 15 is 0 Å². The molecule has 124 valence electrons. The number of likely N-dealkylation sites (N-methyl/N-ethyl adjacent to an activating group) is 1. The summed E-state index contributed by atoms with van der Waals surface area (Å²) < 4.78 is 17.7. The number of carbonyl (C=O) groups is 3. The normalized spacial score (nSPS) is 18.9. The predicted molar refractivity (Wildman–Crippen MR) is 80.9 cm³/mol. The van der Waals surface area contributed by atoms with Crippen molar-refractivity contribution in [1.29, 1.82) is 0 Å². The number of halogens is 1. The number of hydrogen-bond acceptors (Lipinski definition) is 4. The first-order valence-corrected chi connectivity index (χ1v) is 7.33. The summed E-state index contributed by atoms with van der Waals surface area (Å²) >= 11 is 0. The fourth-order valence-corrected chi connectivity index (χ4v) is 2.04. The van der Waals surface area contributed by atoms with Crippen molar-refractivity contribution in [3.63, 3.8) is 0 Å². The minimum Gasteiger partial charge on any atom is -0.455 e. The Morgan fingerprint density at radius 3 is 2.48 bits per heavy atom. The summed E-state index contributed by atoms with van der Waals surface area (Å²) in [5.41, 5.74) is 0.436. The highest BCUT2D eigenvalue weighted by atomic mass is 19.1. The molecule has 2 amide bonds. The molecule has 0 heterocycles. The van der Waals surface area contributed by atoms with Crippen LogP contribution in [0.1, 0.15) is 13.3 Å². The van der Waals surface area contributed by atoms with Gasteiger partial charge in [0.25, 0.3) is 5.91 Å². The number of anilines is 1. The van der Waals surface area contributed by atoms with E-state index in [2.05, 4.69) is 5.32 Å². The topological polar surface area (TPSA) is 75.7 Å². The fraction of sp³-hybridized carbons (Fsp3) is 0.438. The predicted octanol–water partition coefficient (Wildman–Crippen LogP) is 1.42. The van der Waals surface area contributed by atoms with E-state index in [9.17, 15) is 18.8 Å². The third-order valence-corrected chi connectivity index (χ3v) is 3.68. The number of amides is 2. The molecule has 1 aliphatic carbocycles. The molecular weight excluding hydrogens is 303 g/mol. The van der Waals surface area contributed by atoms with E-state index in [1.54, 1.807) is 0 Å². The summed E-state index contributed by atoms with van der Waals surface area (Å²) in [4.78, 5) is 36.3. The maximum atomic E-state index is 12.8. The summed E-state index contributed by atoms with van der Waals surface area (Å²) in [6, 6.07) is 5.30. The van der Waals surface area contributed by atoms with E-state index in [-0.39, 0.29) is 25.0 Å². The summed E-state index contributed by atoms with van der Waals surface area (Å²) in [5, 5.41) is 2.55. The Morgan fingerprint density at radius 1 is 1.30 bits per heavy atom. The van der Waals surface area contributed by atoms with Crippen molar-refractivity contribution >= 4 is 23.5 Å². The Morgan fingerprint density at radius 2 is 1.91 bits per heavy atom. The molecular formula is C16H19FN2O4. The molecule has 1 fully saturated rings. The Balaban J connectivity index is 1.72. The highest BCUT2D eigenvalue weighted by Gasteiger charge is 2.40. The van der Waals surface area contributed by atoms with Crippen LogP contribution in [0.25, 0.3) is 0 Å². The molecule has 0 bridgehead atoms. The van der Waals surface area contributed by atoms with Gasteiger partial charge in [-0.25, -0.2) is 4.39 Å². The van der Waals surface area contributed by atoms with Gasteiger partial charge in [0.15, 0.2) is 6.61 Å². The van der Waals surface area contributed by atoms with Gasteiger partial charge in [0.2, 0.25) is 5.91 Å². The van der Waals surface area contributed by atoms with Crippen molar-refractivity contribution in [2.24, 2.45) is 11.8 Å². The van der Waals surface area contributed by atoms with Crippen molar-refractivity contribution in [3.8, 4) is 0 Å². The van der Waals surface area contributed by atoms with Gasteiger partial charge >= 0.3 is 5.97 Å². The minimum atomic E-state index is -0.457. The SMILES string of the molecule is C[C@@H]1C[C@H]1C(=O)OCC(=O)N(C)CC(=O)Nc1ccc(F)cc1. The lowest BCUT2D eigenvalue weighted by molar-refractivity contribution is -0.153. The second kappa shape index (κ2) is 7.21. The van der Waals surface area contributed by atoms with Gasteiger partial charge in [0.1, 0.15) is 5.82 Å². The van der Waals surface area contributed by atoms with Crippen LogP contribution >= 0.6 is 0 Å². The van der Waals surface area contributed by atoms with Crippen molar-refractivity contribution in [3.05, 3.63) is 30.1 Å². The standard InChI is InChI=1S/C16H19FN2O4/c1-10-7-13(10)16(22)23-9-15(21)19(2)8-14(20)18-12-5-3-11(17)4-6-12/h3-6,10,13H,7-9H2,1-2H3,(H,18,20)/t10-,13-/m1/s1. The molecule has 1 aromatic carbocycles. The zero-order valence-corrected chi connectivity index (χ0v) is 13.0. The van der Waals surface area contributed by atoms with Crippen LogP contribution in [-0.4, -0.2) is 42.9 Å². The molecule has 0 saturated heterocycles. The number of carbonyl (C=O) groups excluding carboxylic acids is 3. The molecule has 1 N–H and O–H groups in total. The maximum Gasteiger partial charge on any atom is 0.309 e. The fourth-order valence-electron chi connectivity index (χ4n) is 2.04. The van der Waals surface area contributed by atoms with Crippen LogP contribution < -0.4 is 5.32 Å². The van der Waals surface area contributed by atoms with Gasteiger partial charge in [-0.2, -0.15) is 0 Å². The summed E-state index contributed by atoms with van der Waals surface area (Å²) in [6.45, 7) is 1.38. The van der Waals surface area contributed by atoms with Gasteiger partial charge in [-0.05, 0) is 36.6 Å². The molecule has 23 heavy (non-hydrogen) atoms. The molecule has 1 aliphatic rings. The summed E-state index contributed by atoms with van der Waals surface area (Å²) in [5.74, 6) is -1.43.